The third-order valence-electron chi connectivity index (χ3n) is 3.06. The van der Waals surface area contributed by atoms with Crippen molar-refractivity contribution in [3.8, 4) is 0 Å². The molecule has 0 radical (unpaired) electrons. The van der Waals surface area contributed by atoms with E-state index in [0.29, 0.717) is 11.5 Å². The molecule has 0 spiro atoms. The lowest BCUT2D eigenvalue weighted by molar-refractivity contribution is 0.0697. The van der Waals surface area contributed by atoms with Gasteiger partial charge in [0.2, 0.25) is 0 Å². The summed E-state index contributed by atoms with van der Waals surface area (Å²) in [6.45, 7) is 4.32. The molecule has 15 heavy (non-hydrogen) atoms. The van der Waals surface area contributed by atoms with Crippen LogP contribution in [0.25, 0.3) is 0 Å². The summed E-state index contributed by atoms with van der Waals surface area (Å²) >= 11 is 0. The summed E-state index contributed by atoms with van der Waals surface area (Å²) in [5, 5.41) is 8.77. The summed E-state index contributed by atoms with van der Waals surface area (Å²) in [5.74, 6) is -0.427. The molecule has 0 fully saturated rings. The van der Waals surface area contributed by atoms with E-state index >= 15 is 0 Å². The monoisotopic (exact) mass is 202 g/mol. The zero-order valence-electron chi connectivity index (χ0n) is 8.95. The molecule has 1 aliphatic carbocycles. The first-order valence-corrected chi connectivity index (χ1v) is 5.11. The topological polar surface area (TPSA) is 37.3 Å². The van der Waals surface area contributed by atoms with Crippen LogP contribution < -0.4 is 0 Å². The van der Waals surface area contributed by atoms with Gasteiger partial charge in [0.1, 0.15) is 0 Å². The van der Waals surface area contributed by atoms with E-state index < -0.39 is 5.97 Å². The summed E-state index contributed by atoms with van der Waals surface area (Å²) in [7, 11) is 0. The van der Waals surface area contributed by atoms with E-state index in [0.717, 1.165) is 6.42 Å². The van der Waals surface area contributed by atoms with Crippen LogP contribution in [0.15, 0.2) is 35.4 Å². The number of allylic oxidation sites excluding steroid dienone is 2. The Hall–Kier alpha value is -1.57. The molecule has 78 valence electrons. The maximum atomic E-state index is 10.7. The van der Waals surface area contributed by atoms with Gasteiger partial charge in [-0.3, -0.25) is 0 Å². The number of carbonyl (C=O) groups is 1. The van der Waals surface area contributed by atoms with Gasteiger partial charge >= 0.3 is 5.97 Å². The summed E-state index contributed by atoms with van der Waals surface area (Å²) in [6, 6.07) is 7.16. The SMILES string of the molecule is CC1=C([C@@H](C)c2ccc(C(=O)O)cc2)C1. The lowest BCUT2D eigenvalue weighted by atomic mass is 9.97. The molecule has 0 saturated carbocycles. The Morgan fingerprint density at radius 1 is 1.33 bits per heavy atom. The molecule has 0 amide bonds. The summed E-state index contributed by atoms with van der Waals surface area (Å²) in [6.07, 6.45) is 1.14. The van der Waals surface area contributed by atoms with Crippen LogP contribution >= 0.6 is 0 Å². The fraction of sp³-hybridized carbons (Fsp3) is 0.308. The first-order chi connectivity index (χ1) is 7.09. The van der Waals surface area contributed by atoms with Gasteiger partial charge in [-0.1, -0.05) is 30.2 Å². The Balaban J connectivity index is 2.20. The molecule has 1 aromatic rings. The number of aromatic carboxylic acids is 1. The van der Waals surface area contributed by atoms with Gasteiger partial charge in [0.15, 0.2) is 0 Å². The van der Waals surface area contributed by atoms with E-state index in [1.54, 1.807) is 12.1 Å². The molecule has 0 saturated heterocycles. The van der Waals surface area contributed by atoms with Crippen LogP contribution in [0.5, 0.6) is 0 Å². The van der Waals surface area contributed by atoms with Crippen LogP contribution in [0, 0.1) is 0 Å². The molecule has 2 heteroatoms. The van der Waals surface area contributed by atoms with Crippen molar-refractivity contribution in [1.82, 2.24) is 0 Å². The van der Waals surface area contributed by atoms with Gasteiger partial charge in [-0.2, -0.15) is 0 Å². The van der Waals surface area contributed by atoms with E-state index in [1.165, 1.54) is 16.7 Å². The molecule has 2 rings (SSSR count). The summed E-state index contributed by atoms with van der Waals surface area (Å²) in [4.78, 5) is 10.7. The van der Waals surface area contributed by atoms with E-state index in [4.69, 9.17) is 5.11 Å². The predicted molar refractivity (Wildman–Crippen MR) is 59.1 cm³/mol. The van der Waals surface area contributed by atoms with Crippen LogP contribution in [0.4, 0.5) is 0 Å². The number of benzene rings is 1. The number of carboxylic acid groups (broad SMARTS) is 1. The molecule has 0 unspecified atom stereocenters. The van der Waals surface area contributed by atoms with Crippen LogP contribution in [-0.2, 0) is 0 Å². The Bertz CT molecular complexity index is 426. The third-order valence-corrected chi connectivity index (χ3v) is 3.06. The zero-order chi connectivity index (χ0) is 11.0. The third kappa shape index (κ3) is 1.94. The first kappa shape index (κ1) is 9.97. The molecular formula is C13H14O2. The van der Waals surface area contributed by atoms with Crippen LogP contribution in [0.2, 0.25) is 0 Å². The van der Waals surface area contributed by atoms with Crippen LogP contribution in [0.3, 0.4) is 0 Å². The molecule has 2 nitrogen and oxygen atoms in total. The largest absolute Gasteiger partial charge is 0.478 e. The van der Waals surface area contributed by atoms with Gasteiger partial charge < -0.3 is 5.11 Å². The van der Waals surface area contributed by atoms with Crippen molar-refractivity contribution in [2.75, 3.05) is 0 Å². The average Bonchev–Trinajstić information content (AvgIpc) is 2.94. The van der Waals surface area contributed by atoms with Crippen LogP contribution in [-0.4, -0.2) is 11.1 Å². The Labute approximate surface area is 89.2 Å². The van der Waals surface area contributed by atoms with Crippen molar-refractivity contribution in [2.45, 2.75) is 26.2 Å². The van der Waals surface area contributed by atoms with Crippen molar-refractivity contribution < 1.29 is 9.90 Å². The normalized spacial score (nSPS) is 16.4. The van der Waals surface area contributed by atoms with Crippen molar-refractivity contribution >= 4 is 5.97 Å². The highest BCUT2D eigenvalue weighted by Gasteiger charge is 2.23. The number of hydrogen-bond donors (Lipinski definition) is 1. The Kier molecular flexibility index (Phi) is 2.35. The zero-order valence-corrected chi connectivity index (χ0v) is 8.95. The van der Waals surface area contributed by atoms with Crippen molar-refractivity contribution in [3.05, 3.63) is 46.5 Å². The molecule has 0 heterocycles. The molecular weight excluding hydrogens is 188 g/mol. The van der Waals surface area contributed by atoms with Gasteiger partial charge in [-0.15, -0.1) is 0 Å². The van der Waals surface area contributed by atoms with E-state index in [-0.39, 0.29) is 0 Å². The number of hydrogen-bond acceptors (Lipinski definition) is 1. The Morgan fingerprint density at radius 3 is 2.27 bits per heavy atom. The van der Waals surface area contributed by atoms with Crippen molar-refractivity contribution in [2.24, 2.45) is 0 Å². The van der Waals surface area contributed by atoms with E-state index in [2.05, 4.69) is 13.8 Å². The van der Waals surface area contributed by atoms with Gasteiger partial charge in [0.25, 0.3) is 0 Å². The molecule has 1 N–H and O–H groups in total. The van der Waals surface area contributed by atoms with Gasteiger partial charge in [0.05, 0.1) is 5.56 Å². The van der Waals surface area contributed by atoms with Crippen molar-refractivity contribution in [3.63, 3.8) is 0 Å². The van der Waals surface area contributed by atoms with Crippen LogP contribution in [0.1, 0.15) is 42.1 Å². The second-order valence-electron chi connectivity index (χ2n) is 4.13. The average molecular weight is 202 g/mol. The number of carboxylic acids is 1. The quantitative estimate of drug-likeness (QED) is 0.764. The molecule has 0 aromatic heterocycles. The molecule has 0 bridgehead atoms. The molecule has 0 aliphatic heterocycles. The first-order valence-electron chi connectivity index (χ1n) is 5.11. The fourth-order valence-corrected chi connectivity index (χ4v) is 1.88. The second kappa shape index (κ2) is 3.54. The maximum absolute atomic E-state index is 10.7. The highest BCUT2D eigenvalue weighted by atomic mass is 16.4. The minimum atomic E-state index is -0.865. The standard InChI is InChI=1S/C13H14O2/c1-8-7-12(8)9(2)10-3-5-11(6-4-10)13(14)15/h3-6,9H,7H2,1-2H3,(H,14,15)/t9-/m0/s1. The fourth-order valence-electron chi connectivity index (χ4n) is 1.88. The molecule has 1 atom stereocenters. The predicted octanol–water partition coefficient (Wildman–Crippen LogP) is 3.21. The summed E-state index contributed by atoms with van der Waals surface area (Å²) in [5.41, 5.74) is 4.53. The van der Waals surface area contributed by atoms with E-state index in [1.807, 2.05) is 12.1 Å². The Morgan fingerprint density at radius 2 is 1.87 bits per heavy atom. The summed E-state index contributed by atoms with van der Waals surface area (Å²) < 4.78 is 0. The molecule has 1 aliphatic rings. The minimum absolute atomic E-state index is 0.354. The van der Waals surface area contributed by atoms with E-state index in [9.17, 15) is 4.79 Å². The highest BCUT2D eigenvalue weighted by molar-refractivity contribution is 5.87. The van der Waals surface area contributed by atoms with Gasteiger partial charge in [-0.05, 0) is 31.0 Å². The highest BCUT2D eigenvalue weighted by Crippen LogP contribution is 2.41. The second-order valence-corrected chi connectivity index (χ2v) is 4.13. The van der Waals surface area contributed by atoms with Gasteiger partial charge in [-0.25, -0.2) is 4.79 Å². The lowest BCUT2D eigenvalue weighted by Gasteiger charge is -2.07. The van der Waals surface area contributed by atoms with Crippen molar-refractivity contribution in [1.29, 1.82) is 0 Å². The van der Waals surface area contributed by atoms with Gasteiger partial charge in [0, 0.05) is 5.92 Å². The number of rotatable bonds is 3. The minimum Gasteiger partial charge on any atom is -0.478 e. The molecule has 1 aromatic carbocycles. The maximum Gasteiger partial charge on any atom is 0.335 e. The smallest absolute Gasteiger partial charge is 0.335 e. The lowest BCUT2D eigenvalue weighted by Crippen LogP contribution is -1.97.